The molecule has 2 aliphatic rings. The van der Waals surface area contributed by atoms with Gasteiger partial charge in [-0.05, 0) is 65.9 Å². The van der Waals surface area contributed by atoms with Crippen molar-refractivity contribution in [1.82, 2.24) is 10.1 Å². The van der Waals surface area contributed by atoms with E-state index in [1.807, 2.05) is 0 Å². The molecule has 2 aliphatic heterocycles. The lowest BCUT2D eigenvalue weighted by Gasteiger charge is -2.30. The molecule has 0 atom stereocenters. The fourth-order valence-corrected chi connectivity index (χ4v) is 5.34. The average Bonchev–Trinajstić information content (AvgIpc) is 3.62. The largest absolute Gasteiger partial charge is 0.497 e. The van der Waals surface area contributed by atoms with Crippen molar-refractivity contribution in [3.8, 4) is 17.2 Å². The van der Waals surface area contributed by atoms with Crippen molar-refractivity contribution in [2.24, 2.45) is 0 Å². The standard InChI is InChI=1S/C36H36N2O12/c1-46-27-12-6-24(7-13-27)36(45,25-8-14-28(15-9-25)47-22-2-4-34(43)49-37-30(39)18-19-31(37)40)26-10-16-29(17-11-26)48-23-3-5-35(44)50-38-32(41)20-21-33(38)42/h6-17,45H,2-5,18-23H2,1H3. The number of ether oxygens (including phenoxy) is 3. The van der Waals surface area contributed by atoms with Crippen LogP contribution in [-0.4, -0.2) is 71.1 Å². The lowest BCUT2D eigenvalue weighted by molar-refractivity contribution is -0.197. The van der Waals surface area contributed by atoms with Gasteiger partial charge in [-0.1, -0.05) is 36.4 Å². The fourth-order valence-electron chi connectivity index (χ4n) is 5.34. The summed E-state index contributed by atoms with van der Waals surface area (Å²) in [7, 11) is 1.55. The first-order chi connectivity index (χ1) is 24.1. The number of aliphatic hydroxyl groups is 1. The van der Waals surface area contributed by atoms with Crippen LogP contribution in [0.2, 0.25) is 0 Å². The maximum absolute atomic E-state index is 12.3. The molecule has 4 amide bonds. The van der Waals surface area contributed by atoms with Crippen LogP contribution in [0.1, 0.15) is 68.1 Å². The molecule has 14 heteroatoms. The minimum Gasteiger partial charge on any atom is -0.497 e. The monoisotopic (exact) mass is 688 g/mol. The van der Waals surface area contributed by atoms with Crippen LogP contribution < -0.4 is 14.2 Å². The minimum absolute atomic E-state index is 0.0244. The van der Waals surface area contributed by atoms with E-state index in [-0.39, 0.29) is 64.6 Å². The first-order valence-electron chi connectivity index (χ1n) is 16.0. The Kier molecular flexibility index (Phi) is 11.4. The molecule has 0 spiro atoms. The van der Waals surface area contributed by atoms with E-state index in [9.17, 15) is 33.9 Å². The summed E-state index contributed by atoms with van der Waals surface area (Å²) in [5.74, 6) is -1.95. The fraction of sp³-hybridized carbons (Fsp3) is 0.333. The highest BCUT2D eigenvalue weighted by Gasteiger charge is 2.35. The molecular weight excluding hydrogens is 652 g/mol. The quantitative estimate of drug-likeness (QED) is 0.132. The van der Waals surface area contributed by atoms with E-state index in [0.29, 0.717) is 44.1 Å². The van der Waals surface area contributed by atoms with Crippen LogP contribution in [0.3, 0.4) is 0 Å². The third-order valence-corrected chi connectivity index (χ3v) is 8.04. The van der Waals surface area contributed by atoms with Gasteiger partial charge in [-0.25, -0.2) is 9.59 Å². The smallest absolute Gasteiger partial charge is 0.333 e. The number of imide groups is 2. The van der Waals surface area contributed by atoms with Gasteiger partial charge in [0.25, 0.3) is 23.6 Å². The van der Waals surface area contributed by atoms with Crippen molar-refractivity contribution in [1.29, 1.82) is 0 Å². The van der Waals surface area contributed by atoms with Crippen LogP contribution in [0.25, 0.3) is 0 Å². The van der Waals surface area contributed by atoms with Gasteiger partial charge in [-0.15, -0.1) is 10.1 Å². The third-order valence-electron chi connectivity index (χ3n) is 8.04. The second kappa shape index (κ2) is 16.1. The molecule has 14 nitrogen and oxygen atoms in total. The van der Waals surface area contributed by atoms with Crippen molar-refractivity contribution in [2.75, 3.05) is 20.3 Å². The third kappa shape index (κ3) is 8.44. The number of hydrogen-bond acceptors (Lipinski definition) is 12. The van der Waals surface area contributed by atoms with E-state index in [1.165, 1.54) is 0 Å². The van der Waals surface area contributed by atoms with E-state index in [2.05, 4.69) is 0 Å². The molecule has 0 bridgehead atoms. The summed E-state index contributed by atoms with van der Waals surface area (Å²) in [6.07, 6.45) is 0.557. The number of benzene rings is 3. The Labute approximate surface area is 287 Å². The summed E-state index contributed by atoms with van der Waals surface area (Å²) in [4.78, 5) is 80.3. The topological polar surface area (TPSA) is 175 Å². The Bertz CT molecular complexity index is 1590. The molecule has 0 radical (unpaired) electrons. The van der Waals surface area contributed by atoms with Crippen molar-refractivity contribution in [3.05, 3.63) is 89.5 Å². The lowest BCUT2D eigenvalue weighted by atomic mass is 9.80. The van der Waals surface area contributed by atoms with Crippen molar-refractivity contribution in [3.63, 3.8) is 0 Å². The predicted molar refractivity (Wildman–Crippen MR) is 172 cm³/mol. The molecule has 2 fully saturated rings. The first-order valence-corrected chi connectivity index (χ1v) is 16.0. The van der Waals surface area contributed by atoms with E-state index in [1.54, 1.807) is 79.9 Å². The Morgan fingerprint density at radius 3 is 1.22 bits per heavy atom. The van der Waals surface area contributed by atoms with Crippen molar-refractivity contribution >= 4 is 35.6 Å². The van der Waals surface area contributed by atoms with Gasteiger partial charge < -0.3 is 29.0 Å². The Morgan fingerprint density at radius 1 is 0.580 bits per heavy atom. The number of hydrogen-bond donors (Lipinski definition) is 1. The van der Waals surface area contributed by atoms with E-state index in [4.69, 9.17) is 23.9 Å². The molecule has 3 aromatic carbocycles. The molecule has 50 heavy (non-hydrogen) atoms. The molecule has 5 rings (SSSR count). The molecule has 3 aromatic rings. The van der Waals surface area contributed by atoms with E-state index >= 15 is 0 Å². The van der Waals surface area contributed by atoms with Crippen molar-refractivity contribution in [2.45, 2.75) is 57.0 Å². The zero-order chi connectivity index (χ0) is 35.7. The highest BCUT2D eigenvalue weighted by atomic mass is 16.7. The van der Waals surface area contributed by atoms with E-state index < -0.39 is 41.2 Å². The Morgan fingerprint density at radius 2 is 0.900 bits per heavy atom. The number of carbonyl (C=O) groups excluding carboxylic acids is 6. The van der Waals surface area contributed by atoms with Gasteiger partial charge >= 0.3 is 11.9 Å². The summed E-state index contributed by atoms with van der Waals surface area (Å²) < 4.78 is 16.8. The number of rotatable bonds is 16. The van der Waals surface area contributed by atoms with Gasteiger partial charge in [-0.2, -0.15) is 0 Å². The maximum Gasteiger partial charge on any atom is 0.333 e. The van der Waals surface area contributed by atoms with Crippen LogP contribution >= 0.6 is 0 Å². The second-order valence-corrected chi connectivity index (χ2v) is 11.5. The molecule has 262 valence electrons. The molecule has 1 N–H and O–H groups in total. The zero-order valence-corrected chi connectivity index (χ0v) is 27.3. The van der Waals surface area contributed by atoms with E-state index in [0.717, 1.165) is 0 Å². The predicted octanol–water partition coefficient (Wildman–Crippen LogP) is 3.51. The minimum atomic E-state index is -1.59. The summed E-state index contributed by atoms with van der Waals surface area (Å²) in [5.41, 5.74) is 0.0649. The van der Waals surface area contributed by atoms with Gasteiger partial charge in [0.1, 0.15) is 22.8 Å². The van der Waals surface area contributed by atoms with Gasteiger partial charge in [-0.3, -0.25) is 19.2 Å². The van der Waals surface area contributed by atoms with Crippen LogP contribution in [0, 0.1) is 0 Å². The highest BCUT2D eigenvalue weighted by Crippen LogP contribution is 2.38. The molecule has 2 saturated heterocycles. The molecule has 0 unspecified atom stereocenters. The van der Waals surface area contributed by atoms with Crippen LogP contribution in [0.5, 0.6) is 17.2 Å². The number of carbonyl (C=O) groups is 6. The maximum atomic E-state index is 12.3. The Balaban J connectivity index is 1.18. The number of methoxy groups -OCH3 is 1. The normalized spacial score (nSPS) is 14.6. The number of nitrogens with zero attached hydrogens (tertiary/aromatic N) is 2. The van der Waals surface area contributed by atoms with Gasteiger partial charge in [0.05, 0.1) is 33.2 Å². The molecule has 0 aromatic heterocycles. The lowest BCUT2D eigenvalue weighted by Crippen LogP contribution is -2.32. The molecule has 0 saturated carbocycles. The molecule has 0 aliphatic carbocycles. The summed E-state index contributed by atoms with van der Waals surface area (Å²) in [5, 5.41) is 13.3. The van der Waals surface area contributed by atoms with Crippen LogP contribution in [0.4, 0.5) is 0 Å². The SMILES string of the molecule is COc1ccc(C(O)(c2ccc(OCCCC(=O)ON3C(=O)CCC3=O)cc2)c2ccc(OCCCC(=O)ON3C(=O)CCC3=O)cc2)cc1. The number of amides is 4. The number of hydroxylamine groups is 4. The second-order valence-electron chi connectivity index (χ2n) is 11.5. The highest BCUT2D eigenvalue weighted by molar-refractivity contribution is 6.02. The molecule has 2 heterocycles. The Hall–Kier alpha value is -5.76. The molecular formula is C36H36N2O12. The first kappa shape index (κ1) is 35.5. The average molecular weight is 689 g/mol. The van der Waals surface area contributed by atoms with Crippen LogP contribution in [0.15, 0.2) is 72.8 Å². The van der Waals surface area contributed by atoms with Gasteiger partial charge in [0.2, 0.25) is 0 Å². The summed E-state index contributed by atoms with van der Waals surface area (Å²) in [6.45, 7) is 0.332. The summed E-state index contributed by atoms with van der Waals surface area (Å²) >= 11 is 0. The van der Waals surface area contributed by atoms with Gasteiger partial charge in [0.15, 0.2) is 0 Å². The van der Waals surface area contributed by atoms with Crippen LogP contribution in [-0.2, 0) is 44.0 Å². The van der Waals surface area contributed by atoms with Gasteiger partial charge in [0, 0.05) is 25.7 Å². The zero-order valence-electron chi connectivity index (χ0n) is 27.3. The summed E-state index contributed by atoms with van der Waals surface area (Å²) in [6, 6.07) is 20.7. The van der Waals surface area contributed by atoms with Crippen molar-refractivity contribution < 1.29 is 57.8 Å².